The zero-order valence-electron chi connectivity index (χ0n) is 17.0. The Balaban J connectivity index is 1.78. The first-order valence-electron chi connectivity index (χ1n) is 10.3. The summed E-state index contributed by atoms with van der Waals surface area (Å²) >= 11 is 0. The first-order valence-corrected chi connectivity index (χ1v) is 10.3. The maximum absolute atomic E-state index is 14.4. The van der Waals surface area contributed by atoms with Gasteiger partial charge in [0.15, 0.2) is 11.6 Å². The van der Waals surface area contributed by atoms with Gasteiger partial charge in [-0.05, 0) is 18.1 Å². The Labute approximate surface area is 179 Å². The molecule has 0 aliphatic carbocycles. The van der Waals surface area contributed by atoms with Crippen LogP contribution >= 0.6 is 0 Å². The normalized spacial score (nSPS) is 16.0. The summed E-state index contributed by atoms with van der Waals surface area (Å²) in [5.41, 5.74) is 2.48. The number of halogens is 1. The summed E-state index contributed by atoms with van der Waals surface area (Å²) in [6.45, 7) is 1.93. The van der Waals surface area contributed by atoms with E-state index in [2.05, 4.69) is 29.2 Å². The third kappa shape index (κ3) is 3.15. The number of alkyl halides is 1. The second-order valence-corrected chi connectivity index (χ2v) is 7.88. The van der Waals surface area contributed by atoms with Gasteiger partial charge in [-0.3, -0.25) is 4.79 Å². The van der Waals surface area contributed by atoms with Crippen LogP contribution in [0.3, 0.4) is 0 Å². The number of hydrogen-bond donors (Lipinski definition) is 1. The number of fused-ring (bicyclic) bond motifs is 3. The average molecular weight is 415 g/mol. The summed E-state index contributed by atoms with van der Waals surface area (Å²) in [5.74, 6) is -0.0378. The quantitative estimate of drug-likeness (QED) is 0.519. The highest BCUT2D eigenvalue weighted by Crippen LogP contribution is 2.44. The Morgan fingerprint density at radius 1 is 1.03 bits per heavy atom. The molecule has 0 bridgehead atoms. The van der Waals surface area contributed by atoms with Gasteiger partial charge >= 0.3 is 0 Å². The van der Waals surface area contributed by atoms with E-state index in [-0.39, 0.29) is 17.7 Å². The summed E-state index contributed by atoms with van der Waals surface area (Å²) < 4.78 is 18.1. The van der Waals surface area contributed by atoms with Gasteiger partial charge in [0.1, 0.15) is 11.9 Å². The molecule has 31 heavy (non-hydrogen) atoms. The largest absolute Gasteiger partial charge is 0.503 e. The van der Waals surface area contributed by atoms with Crippen molar-refractivity contribution in [2.45, 2.75) is 31.6 Å². The molecule has 156 valence electrons. The van der Waals surface area contributed by atoms with Crippen LogP contribution in [0.2, 0.25) is 0 Å². The van der Waals surface area contributed by atoms with Crippen molar-refractivity contribution in [2.24, 2.45) is 0 Å². The molecule has 2 aromatic carbocycles. The van der Waals surface area contributed by atoms with Crippen molar-refractivity contribution >= 4 is 0 Å². The van der Waals surface area contributed by atoms with E-state index in [1.807, 2.05) is 41.0 Å². The monoisotopic (exact) mass is 415 g/mol. The van der Waals surface area contributed by atoms with Crippen LogP contribution < -0.4 is 5.43 Å². The maximum atomic E-state index is 14.4. The molecule has 2 atom stereocenters. The van der Waals surface area contributed by atoms with Gasteiger partial charge in [0.2, 0.25) is 5.43 Å². The third-order valence-corrected chi connectivity index (χ3v) is 6.04. The van der Waals surface area contributed by atoms with Gasteiger partial charge in [0.25, 0.3) is 0 Å². The zero-order chi connectivity index (χ0) is 21.5. The molecule has 6 heteroatoms. The summed E-state index contributed by atoms with van der Waals surface area (Å²) in [7, 11) is 0. The number of aromatic hydroxyl groups is 1. The topological polar surface area (TPSA) is 60.0 Å². The number of pyridine rings is 1. The molecule has 0 saturated heterocycles. The van der Waals surface area contributed by atoms with E-state index in [4.69, 9.17) is 0 Å². The van der Waals surface area contributed by atoms with Gasteiger partial charge in [-0.15, -0.1) is 0 Å². The first-order chi connectivity index (χ1) is 15.1. The van der Waals surface area contributed by atoms with Crippen LogP contribution in [0.1, 0.15) is 41.9 Å². The zero-order valence-corrected chi connectivity index (χ0v) is 17.0. The van der Waals surface area contributed by atoms with Gasteiger partial charge in [0.05, 0.1) is 17.9 Å². The number of hydrogen-bond acceptors (Lipinski definition) is 3. The Kier molecular flexibility index (Phi) is 4.70. The van der Waals surface area contributed by atoms with E-state index in [1.165, 1.54) is 19.2 Å². The van der Waals surface area contributed by atoms with Crippen molar-refractivity contribution in [1.29, 1.82) is 0 Å². The lowest BCUT2D eigenvalue weighted by Crippen LogP contribution is -2.31. The molecule has 0 fully saturated rings. The van der Waals surface area contributed by atoms with E-state index in [9.17, 15) is 14.3 Å². The maximum Gasteiger partial charge on any atom is 0.223 e. The number of rotatable bonds is 4. The molecule has 5 rings (SSSR count). The van der Waals surface area contributed by atoms with Gasteiger partial charge < -0.3 is 14.2 Å². The van der Waals surface area contributed by atoms with Gasteiger partial charge in [-0.25, -0.2) is 9.37 Å². The molecule has 0 spiro atoms. The second kappa shape index (κ2) is 7.54. The van der Waals surface area contributed by atoms with Gasteiger partial charge in [-0.2, -0.15) is 0 Å². The lowest BCUT2D eigenvalue weighted by Gasteiger charge is -2.36. The molecule has 4 aromatic rings. The summed E-state index contributed by atoms with van der Waals surface area (Å²) in [6, 6.07) is 21.4. The summed E-state index contributed by atoms with van der Waals surface area (Å²) in [6.07, 6.45) is 1.97. The van der Waals surface area contributed by atoms with E-state index in [1.54, 1.807) is 10.8 Å². The van der Waals surface area contributed by atoms with Crippen molar-refractivity contribution in [1.82, 2.24) is 14.1 Å². The Morgan fingerprint density at radius 3 is 2.23 bits per heavy atom. The molecular weight excluding hydrogens is 393 g/mol. The van der Waals surface area contributed by atoms with E-state index in [0.29, 0.717) is 23.8 Å². The lowest BCUT2D eigenvalue weighted by molar-refractivity contribution is 0.320. The molecule has 0 saturated carbocycles. The van der Waals surface area contributed by atoms with Crippen LogP contribution in [-0.2, 0) is 6.54 Å². The molecule has 2 aromatic heterocycles. The van der Waals surface area contributed by atoms with Crippen molar-refractivity contribution in [3.8, 4) is 17.3 Å². The molecule has 1 unspecified atom stereocenters. The number of nitrogens with zero attached hydrogens (tertiary/aromatic N) is 3. The Hall–Kier alpha value is -3.67. The molecular formula is C25H22FN3O2. The fourth-order valence-electron chi connectivity index (χ4n) is 4.62. The molecule has 1 N–H and O–H groups in total. The van der Waals surface area contributed by atoms with E-state index in [0.717, 1.165) is 11.1 Å². The predicted molar refractivity (Wildman–Crippen MR) is 117 cm³/mol. The van der Waals surface area contributed by atoms with Crippen molar-refractivity contribution in [2.75, 3.05) is 0 Å². The highest BCUT2D eigenvalue weighted by atomic mass is 19.1. The van der Waals surface area contributed by atoms with Crippen LogP contribution in [0, 0.1) is 0 Å². The molecule has 5 nitrogen and oxygen atoms in total. The lowest BCUT2D eigenvalue weighted by atomic mass is 9.83. The van der Waals surface area contributed by atoms with Crippen LogP contribution in [-0.4, -0.2) is 19.2 Å². The second-order valence-electron chi connectivity index (χ2n) is 7.88. The smallest absolute Gasteiger partial charge is 0.223 e. The summed E-state index contributed by atoms with van der Waals surface area (Å²) in [5, 5.41) is 10.7. The minimum atomic E-state index is -1.22. The van der Waals surface area contributed by atoms with Crippen molar-refractivity contribution < 1.29 is 9.50 Å². The molecule has 0 radical (unpaired) electrons. The minimum absolute atomic E-state index is 0.0821. The van der Waals surface area contributed by atoms with Crippen molar-refractivity contribution in [3.63, 3.8) is 0 Å². The van der Waals surface area contributed by atoms with Crippen molar-refractivity contribution in [3.05, 3.63) is 106 Å². The minimum Gasteiger partial charge on any atom is -0.503 e. The van der Waals surface area contributed by atoms with Gasteiger partial charge in [0, 0.05) is 24.7 Å². The first kappa shape index (κ1) is 19.3. The van der Waals surface area contributed by atoms with Crippen LogP contribution in [0.25, 0.3) is 11.5 Å². The van der Waals surface area contributed by atoms with Gasteiger partial charge in [-0.1, -0.05) is 60.7 Å². The fourth-order valence-corrected chi connectivity index (χ4v) is 4.62. The predicted octanol–water partition coefficient (Wildman–Crippen LogP) is 4.83. The SMILES string of the molecule is CC(F)c1cnc2n1C[C@H](C(c1ccccc1)c1ccccc1)n1ccc(=O)c(O)c1-2. The number of imidazole rings is 1. The highest BCUT2D eigenvalue weighted by molar-refractivity contribution is 5.62. The fraction of sp³-hybridized carbons (Fsp3) is 0.200. The molecule has 0 amide bonds. The third-order valence-electron chi connectivity index (χ3n) is 6.04. The Bertz CT molecular complexity index is 1240. The number of aromatic nitrogens is 3. The number of benzene rings is 2. The van der Waals surface area contributed by atoms with Crippen LogP contribution in [0.15, 0.2) is 83.9 Å². The van der Waals surface area contributed by atoms with Crippen LogP contribution in [0.4, 0.5) is 4.39 Å². The van der Waals surface area contributed by atoms with Crippen LogP contribution in [0.5, 0.6) is 5.75 Å². The standard InChI is InChI=1S/C25H22FN3O2/c1-16(26)19-14-27-25-23-24(31)21(30)12-13-28(23)20(15-29(19)25)22(17-8-4-2-5-9-17)18-10-6-3-7-11-18/h2-14,16,20,22,31H,15H2,1H3/t16?,20-/m1/s1. The summed E-state index contributed by atoms with van der Waals surface area (Å²) in [4.78, 5) is 16.6. The molecule has 1 aliphatic rings. The van der Waals surface area contributed by atoms with E-state index < -0.39 is 11.6 Å². The molecule has 1 aliphatic heterocycles. The molecule has 3 heterocycles. The van der Waals surface area contributed by atoms with E-state index >= 15 is 0 Å². The highest BCUT2D eigenvalue weighted by Gasteiger charge is 2.36. The average Bonchev–Trinajstić information content (AvgIpc) is 3.22. The Morgan fingerprint density at radius 2 is 1.65 bits per heavy atom.